The van der Waals surface area contributed by atoms with E-state index in [-0.39, 0.29) is 11.8 Å². The minimum atomic E-state index is -2.39. The summed E-state index contributed by atoms with van der Waals surface area (Å²) in [5.74, 6) is 6.46. The summed E-state index contributed by atoms with van der Waals surface area (Å²) in [7, 11) is 0. The maximum atomic E-state index is 6.57. The molecule has 0 bridgehead atoms. The van der Waals surface area contributed by atoms with Gasteiger partial charge in [-0.05, 0) is 6.07 Å². The Hall–Kier alpha value is -4.87. The van der Waals surface area contributed by atoms with Gasteiger partial charge in [0.05, 0.1) is 0 Å². The van der Waals surface area contributed by atoms with E-state index in [1.807, 2.05) is 12.1 Å². The van der Waals surface area contributed by atoms with Crippen LogP contribution in [0.25, 0.3) is 61.2 Å². The van der Waals surface area contributed by atoms with E-state index < -0.39 is 13.3 Å². The van der Waals surface area contributed by atoms with Gasteiger partial charge in [0.15, 0.2) is 0 Å². The molecule has 0 saturated carbocycles. The van der Waals surface area contributed by atoms with Gasteiger partial charge < -0.3 is 4.42 Å². The predicted molar refractivity (Wildman–Crippen MR) is 211 cm³/mol. The van der Waals surface area contributed by atoms with Crippen molar-refractivity contribution < 1.29 is 4.42 Å². The fraction of sp³-hybridized carbons (Fsp3) is 0.178. The van der Waals surface area contributed by atoms with Gasteiger partial charge in [0.2, 0.25) is 0 Å². The Morgan fingerprint density at radius 3 is 1.92 bits per heavy atom. The molecule has 0 amide bonds. The molecular formula is C45H42GeN2O. The Kier molecular flexibility index (Phi) is 7.84. The molecule has 0 radical (unpaired) electrons. The van der Waals surface area contributed by atoms with Crippen LogP contribution in [0, 0.1) is 0 Å². The number of benzene rings is 6. The van der Waals surface area contributed by atoms with Gasteiger partial charge in [-0.25, -0.2) is 0 Å². The van der Waals surface area contributed by atoms with Gasteiger partial charge in [-0.1, -0.05) is 36.4 Å². The van der Waals surface area contributed by atoms with Crippen molar-refractivity contribution in [2.24, 2.45) is 0 Å². The molecule has 0 fully saturated rings. The summed E-state index contributed by atoms with van der Waals surface area (Å²) in [4.78, 5) is 5.33. The van der Waals surface area contributed by atoms with Crippen molar-refractivity contribution in [3.63, 3.8) is 0 Å². The van der Waals surface area contributed by atoms with E-state index in [9.17, 15) is 0 Å². The molecule has 6 aromatic carbocycles. The van der Waals surface area contributed by atoms with Crippen LogP contribution in [0.5, 0.6) is 0 Å². The fourth-order valence-corrected chi connectivity index (χ4v) is 12.4. The normalized spacial score (nSPS) is 12.2. The first-order chi connectivity index (χ1) is 23.7. The van der Waals surface area contributed by atoms with Crippen LogP contribution in [0.1, 0.15) is 50.7 Å². The van der Waals surface area contributed by atoms with E-state index in [1.165, 1.54) is 36.7 Å². The van der Waals surface area contributed by atoms with E-state index in [1.54, 1.807) is 0 Å². The first kappa shape index (κ1) is 31.4. The number of hydrogen-bond acceptors (Lipinski definition) is 2. The molecule has 0 aliphatic rings. The zero-order chi connectivity index (χ0) is 33.9. The van der Waals surface area contributed by atoms with E-state index in [0.29, 0.717) is 0 Å². The SMILES string of the molecule is CC(C)c1cc(-c2cc[c]([Ge]([CH3])([CH3])[c]3ccccc3)cc2)cc(C(C)C)c1-n1c(-c2cccc3c2oc2ccccc23)nc2ccccc21. The topological polar surface area (TPSA) is 31.0 Å². The third kappa shape index (κ3) is 5.32. The van der Waals surface area contributed by atoms with Crippen LogP contribution in [-0.2, 0) is 0 Å². The summed E-state index contributed by atoms with van der Waals surface area (Å²) < 4.78 is 12.0. The Morgan fingerprint density at radius 2 is 1.20 bits per heavy atom. The average Bonchev–Trinajstić information content (AvgIpc) is 3.70. The van der Waals surface area contributed by atoms with Crippen LogP contribution in [-0.4, -0.2) is 22.8 Å². The van der Waals surface area contributed by atoms with Gasteiger partial charge in [-0.2, -0.15) is 0 Å². The molecule has 0 unspecified atom stereocenters. The summed E-state index contributed by atoms with van der Waals surface area (Å²) >= 11 is -2.39. The van der Waals surface area contributed by atoms with Crippen LogP contribution < -0.4 is 8.79 Å². The van der Waals surface area contributed by atoms with Crippen molar-refractivity contribution in [2.75, 3.05) is 0 Å². The first-order valence-electron chi connectivity index (χ1n) is 17.4. The van der Waals surface area contributed by atoms with Crippen LogP contribution in [0.4, 0.5) is 0 Å². The number of para-hydroxylation sites is 4. The van der Waals surface area contributed by atoms with Crippen LogP contribution in [0.2, 0.25) is 11.5 Å². The summed E-state index contributed by atoms with van der Waals surface area (Å²) in [6.45, 7) is 9.24. The second-order valence-corrected chi connectivity index (χ2v) is 23.7. The molecule has 0 atom stereocenters. The van der Waals surface area contributed by atoms with Gasteiger partial charge in [0.1, 0.15) is 5.58 Å². The molecular weight excluding hydrogens is 657 g/mol. The number of hydrogen-bond donors (Lipinski definition) is 0. The van der Waals surface area contributed by atoms with Gasteiger partial charge in [0, 0.05) is 10.8 Å². The number of nitrogens with zero attached hydrogens (tertiary/aromatic N) is 2. The summed E-state index contributed by atoms with van der Waals surface area (Å²) in [6.07, 6.45) is 0. The van der Waals surface area contributed by atoms with Gasteiger partial charge >= 0.3 is 230 Å². The average molecular weight is 699 g/mol. The van der Waals surface area contributed by atoms with Crippen molar-refractivity contribution in [3.8, 4) is 28.2 Å². The summed E-state index contributed by atoms with van der Waals surface area (Å²) in [6, 6.07) is 48.6. The first-order valence-corrected chi connectivity index (χ1v) is 23.7. The molecule has 0 spiro atoms. The molecule has 2 heterocycles. The third-order valence-electron chi connectivity index (χ3n) is 10.3. The van der Waals surface area contributed by atoms with Crippen LogP contribution in [0.3, 0.4) is 0 Å². The Morgan fingerprint density at radius 1 is 0.592 bits per heavy atom. The maximum absolute atomic E-state index is 6.57. The monoisotopic (exact) mass is 700 g/mol. The van der Waals surface area contributed by atoms with Gasteiger partial charge in [-0.15, -0.1) is 0 Å². The van der Waals surface area contributed by atoms with E-state index >= 15 is 0 Å². The van der Waals surface area contributed by atoms with Crippen LogP contribution >= 0.6 is 0 Å². The second kappa shape index (κ2) is 12.2. The Bertz CT molecular complexity index is 2440. The van der Waals surface area contributed by atoms with Gasteiger partial charge in [0.25, 0.3) is 0 Å². The molecule has 0 N–H and O–H groups in total. The standard InChI is InChI=1S/C45H42GeN2O/c1-29(2)38-27-32(31-23-25-34(26-24-31)46(5,6)33-15-8-7-9-16-33)28-39(30(3)4)43(38)48-41-21-12-11-20-40(41)47-45(48)37-19-14-18-36-35-17-10-13-22-42(35)49-44(36)37/h7-30H,1-6H3. The number of fused-ring (bicyclic) bond motifs is 4. The zero-order valence-corrected chi connectivity index (χ0v) is 31.3. The molecule has 0 aliphatic heterocycles. The summed E-state index contributed by atoms with van der Waals surface area (Å²) in [5, 5.41) is 2.23. The second-order valence-electron chi connectivity index (χ2n) is 14.4. The minimum absolute atomic E-state index is 0.287. The van der Waals surface area contributed by atoms with Crippen molar-refractivity contribution in [1.29, 1.82) is 0 Å². The van der Waals surface area contributed by atoms with Gasteiger partial charge in [-0.3, -0.25) is 0 Å². The summed E-state index contributed by atoms with van der Waals surface area (Å²) in [5.41, 5.74) is 11.2. The van der Waals surface area contributed by atoms with Crippen molar-refractivity contribution in [1.82, 2.24) is 9.55 Å². The van der Waals surface area contributed by atoms with E-state index in [0.717, 1.165) is 44.4 Å². The molecule has 8 aromatic rings. The quantitative estimate of drug-likeness (QED) is 0.155. The molecule has 4 heteroatoms. The van der Waals surface area contributed by atoms with Crippen molar-refractivity contribution in [3.05, 3.63) is 145 Å². The Balaban J connectivity index is 1.34. The molecule has 49 heavy (non-hydrogen) atoms. The number of aromatic nitrogens is 2. The van der Waals surface area contributed by atoms with E-state index in [4.69, 9.17) is 9.40 Å². The van der Waals surface area contributed by atoms with Crippen molar-refractivity contribution in [2.45, 2.75) is 51.0 Å². The van der Waals surface area contributed by atoms with Crippen molar-refractivity contribution >= 4 is 55.0 Å². The molecule has 242 valence electrons. The number of furan rings is 1. The molecule has 3 nitrogen and oxygen atoms in total. The number of rotatable bonds is 7. The Labute approximate surface area is 291 Å². The molecule has 0 aliphatic carbocycles. The fourth-order valence-electron chi connectivity index (χ4n) is 7.44. The number of imidazole rings is 1. The van der Waals surface area contributed by atoms with E-state index in [2.05, 4.69) is 165 Å². The van der Waals surface area contributed by atoms with Crippen LogP contribution in [0.15, 0.2) is 138 Å². The predicted octanol–water partition coefficient (Wildman–Crippen LogP) is 11.3. The molecule has 8 rings (SSSR count). The molecule has 0 saturated heterocycles. The third-order valence-corrected chi connectivity index (χ3v) is 17.7. The zero-order valence-electron chi connectivity index (χ0n) is 29.2. The molecule has 2 aromatic heterocycles.